The molecule has 0 fully saturated rings. The van der Waals surface area contributed by atoms with E-state index in [2.05, 4.69) is 30.1 Å². The van der Waals surface area contributed by atoms with Crippen LogP contribution in [0.4, 0.5) is 0 Å². The van der Waals surface area contributed by atoms with Gasteiger partial charge in [-0.25, -0.2) is 0 Å². The number of rotatable bonds is 0. The van der Waals surface area contributed by atoms with E-state index in [4.69, 9.17) is 0 Å². The standard InChI is InChI=1S/C9H11N/c1-7-2-3-8-4-5-10-9(8)6-7/h2-5,7,10H,6H2,1H3. The second-order valence-electron chi connectivity index (χ2n) is 2.95. The molecule has 1 nitrogen and oxygen atoms in total. The van der Waals surface area contributed by atoms with Gasteiger partial charge in [-0.3, -0.25) is 0 Å². The SMILES string of the molecule is CC1C=Cc2cc[nH]c2C1. The van der Waals surface area contributed by atoms with E-state index in [1.807, 2.05) is 6.20 Å². The monoisotopic (exact) mass is 133 g/mol. The lowest BCUT2D eigenvalue weighted by molar-refractivity contribution is 0.704. The van der Waals surface area contributed by atoms with Crippen LogP contribution in [-0.2, 0) is 6.42 Å². The van der Waals surface area contributed by atoms with Gasteiger partial charge in [0, 0.05) is 11.9 Å². The summed E-state index contributed by atoms with van der Waals surface area (Å²) in [6, 6.07) is 2.12. The van der Waals surface area contributed by atoms with Crippen LogP contribution in [0.3, 0.4) is 0 Å². The third-order valence-electron chi connectivity index (χ3n) is 2.00. The van der Waals surface area contributed by atoms with E-state index < -0.39 is 0 Å². The zero-order valence-corrected chi connectivity index (χ0v) is 6.09. The van der Waals surface area contributed by atoms with Gasteiger partial charge in [0.05, 0.1) is 0 Å². The fraction of sp³-hybridized carbons (Fsp3) is 0.333. The summed E-state index contributed by atoms with van der Waals surface area (Å²) in [5, 5.41) is 0. The molecule has 1 heteroatoms. The molecular formula is C9H11N. The summed E-state index contributed by atoms with van der Waals surface area (Å²) in [6.45, 7) is 2.24. The lowest BCUT2D eigenvalue weighted by Gasteiger charge is -2.10. The second-order valence-corrected chi connectivity index (χ2v) is 2.95. The first-order valence-corrected chi connectivity index (χ1v) is 3.71. The van der Waals surface area contributed by atoms with Gasteiger partial charge in [0.25, 0.3) is 0 Å². The minimum atomic E-state index is 0.700. The summed E-state index contributed by atoms with van der Waals surface area (Å²) in [5.74, 6) is 0.700. The van der Waals surface area contributed by atoms with Gasteiger partial charge in [0.1, 0.15) is 0 Å². The third-order valence-corrected chi connectivity index (χ3v) is 2.00. The summed E-state index contributed by atoms with van der Waals surface area (Å²) in [6.07, 6.45) is 7.63. The number of aromatic amines is 1. The normalized spacial score (nSPS) is 22.7. The second kappa shape index (κ2) is 2.01. The van der Waals surface area contributed by atoms with Crippen LogP contribution in [0.5, 0.6) is 0 Å². The van der Waals surface area contributed by atoms with Crippen molar-refractivity contribution in [3.63, 3.8) is 0 Å². The lowest BCUT2D eigenvalue weighted by Crippen LogP contribution is -2.01. The first kappa shape index (κ1) is 5.78. The summed E-state index contributed by atoms with van der Waals surface area (Å²) in [7, 11) is 0. The minimum absolute atomic E-state index is 0.700. The third kappa shape index (κ3) is 0.783. The maximum atomic E-state index is 3.24. The average molecular weight is 133 g/mol. The van der Waals surface area contributed by atoms with Crippen LogP contribution in [0.1, 0.15) is 18.2 Å². The molecule has 0 bridgehead atoms. The van der Waals surface area contributed by atoms with E-state index in [1.54, 1.807) is 0 Å². The van der Waals surface area contributed by atoms with Crippen molar-refractivity contribution in [2.45, 2.75) is 13.3 Å². The van der Waals surface area contributed by atoms with Gasteiger partial charge in [0.2, 0.25) is 0 Å². The Balaban J connectivity index is 2.43. The van der Waals surface area contributed by atoms with E-state index in [-0.39, 0.29) is 0 Å². The number of H-pyrrole nitrogens is 1. The molecule has 0 aliphatic heterocycles. The van der Waals surface area contributed by atoms with E-state index in [1.165, 1.54) is 17.7 Å². The number of allylic oxidation sites excluding steroid dienone is 1. The minimum Gasteiger partial charge on any atom is -0.364 e. The Bertz CT molecular complexity index is 257. The van der Waals surface area contributed by atoms with Crippen molar-refractivity contribution in [3.05, 3.63) is 29.6 Å². The Morgan fingerprint density at radius 3 is 3.40 bits per heavy atom. The van der Waals surface area contributed by atoms with Crippen LogP contribution < -0.4 is 0 Å². The van der Waals surface area contributed by atoms with Crippen molar-refractivity contribution in [1.29, 1.82) is 0 Å². The molecule has 1 unspecified atom stereocenters. The molecule has 0 aromatic carbocycles. The predicted molar refractivity (Wildman–Crippen MR) is 42.7 cm³/mol. The van der Waals surface area contributed by atoms with Crippen LogP contribution >= 0.6 is 0 Å². The summed E-state index contributed by atoms with van der Waals surface area (Å²) in [4.78, 5) is 3.24. The highest BCUT2D eigenvalue weighted by Crippen LogP contribution is 2.20. The van der Waals surface area contributed by atoms with Crippen LogP contribution in [0.15, 0.2) is 18.3 Å². The summed E-state index contributed by atoms with van der Waals surface area (Å²) >= 11 is 0. The molecule has 1 N–H and O–H groups in total. The first-order chi connectivity index (χ1) is 4.86. The number of nitrogens with one attached hydrogen (secondary N) is 1. The highest BCUT2D eigenvalue weighted by atomic mass is 14.7. The number of hydrogen-bond acceptors (Lipinski definition) is 0. The molecule has 0 saturated carbocycles. The molecule has 52 valence electrons. The van der Waals surface area contributed by atoms with Crippen molar-refractivity contribution in [1.82, 2.24) is 4.98 Å². The molecule has 0 amide bonds. The molecule has 0 radical (unpaired) electrons. The predicted octanol–water partition coefficient (Wildman–Crippen LogP) is 2.22. The van der Waals surface area contributed by atoms with Crippen LogP contribution in [-0.4, -0.2) is 4.98 Å². The number of fused-ring (bicyclic) bond motifs is 1. The highest BCUT2D eigenvalue weighted by molar-refractivity contribution is 5.54. The zero-order chi connectivity index (χ0) is 6.97. The molecular weight excluding hydrogens is 122 g/mol. The van der Waals surface area contributed by atoms with Gasteiger partial charge < -0.3 is 4.98 Å². The van der Waals surface area contributed by atoms with E-state index >= 15 is 0 Å². The van der Waals surface area contributed by atoms with Crippen molar-refractivity contribution < 1.29 is 0 Å². The number of aromatic nitrogens is 1. The molecule has 2 rings (SSSR count). The van der Waals surface area contributed by atoms with E-state index in [0.29, 0.717) is 5.92 Å². The first-order valence-electron chi connectivity index (χ1n) is 3.71. The maximum absolute atomic E-state index is 3.24. The van der Waals surface area contributed by atoms with Crippen molar-refractivity contribution in [2.75, 3.05) is 0 Å². The lowest BCUT2D eigenvalue weighted by atomic mass is 9.97. The highest BCUT2D eigenvalue weighted by Gasteiger charge is 2.09. The van der Waals surface area contributed by atoms with Gasteiger partial charge in [-0.15, -0.1) is 0 Å². The smallest absolute Gasteiger partial charge is 0.0226 e. The topological polar surface area (TPSA) is 15.8 Å². The molecule has 1 aromatic heterocycles. The zero-order valence-electron chi connectivity index (χ0n) is 6.09. The average Bonchev–Trinajstić information content (AvgIpc) is 2.33. The van der Waals surface area contributed by atoms with Crippen molar-refractivity contribution >= 4 is 6.08 Å². The van der Waals surface area contributed by atoms with E-state index in [9.17, 15) is 0 Å². The van der Waals surface area contributed by atoms with Gasteiger partial charge in [-0.2, -0.15) is 0 Å². The largest absolute Gasteiger partial charge is 0.364 e. The molecule has 1 aliphatic carbocycles. The Labute approximate surface area is 60.8 Å². The Hall–Kier alpha value is -0.980. The fourth-order valence-electron chi connectivity index (χ4n) is 1.41. The Morgan fingerprint density at radius 1 is 1.60 bits per heavy atom. The summed E-state index contributed by atoms with van der Waals surface area (Å²) < 4.78 is 0. The number of hydrogen-bond donors (Lipinski definition) is 1. The molecule has 10 heavy (non-hydrogen) atoms. The Kier molecular flexibility index (Phi) is 1.16. The quantitative estimate of drug-likeness (QED) is 0.558. The van der Waals surface area contributed by atoms with Crippen molar-refractivity contribution in [3.8, 4) is 0 Å². The molecule has 1 aliphatic rings. The molecule has 0 spiro atoms. The summed E-state index contributed by atoms with van der Waals surface area (Å²) in [5.41, 5.74) is 2.74. The molecule has 1 heterocycles. The van der Waals surface area contributed by atoms with Gasteiger partial charge in [-0.1, -0.05) is 19.1 Å². The van der Waals surface area contributed by atoms with Crippen LogP contribution in [0, 0.1) is 5.92 Å². The van der Waals surface area contributed by atoms with E-state index in [0.717, 1.165) is 0 Å². The van der Waals surface area contributed by atoms with Gasteiger partial charge >= 0.3 is 0 Å². The van der Waals surface area contributed by atoms with Crippen LogP contribution in [0.25, 0.3) is 6.08 Å². The van der Waals surface area contributed by atoms with Gasteiger partial charge in [-0.05, 0) is 24.0 Å². The van der Waals surface area contributed by atoms with Crippen molar-refractivity contribution in [2.24, 2.45) is 5.92 Å². The van der Waals surface area contributed by atoms with Crippen LogP contribution in [0.2, 0.25) is 0 Å². The fourth-order valence-corrected chi connectivity index (χ4v) is 1.41. The molecule has 1 aromatic rings. The molecule has 1 atom stereocenters. The maximum Gasteiger partial charge on any atom is 0.0226 e. The molecule has 0 saturated heterocycles. The Morgan fingerprint density at radius 2 is 2.50 bits per heavy atom. The van der Waals surface area contributed by atoms with Gasteiger partial charge in [0.15, 0.2) is 0 Å².